The molecule has 0 saturated carbocycles. The van der Waals surface area contributed by atoms with Crippen LogP contribution in [-0.2, 0) is 9.53 Å². The number of carbonyl (C=O) groups is 1. The largest absolute Gasteiger partial charge is 0.402 e. The number of pyridine rings is 1. The molecule has 1 aromatic carbocycles. The summed E-state index contributed by atoms with van der Waals surface area (Å²) in [6.07, 6.45) is 5.07. The van der Waals surface area contributed by atoms with Gasteiger partial charge in [0.2, 0.25) is 5.90 Å². The predicted molar refractivity (Wildman–Crippen MR) is 85.5 cm³/mol. The number of hydrogen-bond donors (Lipinski definition) is 0. The molecule has 0 N–H and O–H groups in total. The molecule has 0 radical (unpaired) electrons. The molecule has 1 aliphatic heterocycles. The Bertz CT molecular complexity index is 782. The Kier molecular flexibility index (Phi) is 3.59. The number of benzene rings is 1. The van der Waals surface area contributed by atoms with Crippen LogP contribution in [0.5, 0.6) is 0 Å². The second-order valence-corrected chi connectivity index (χ2v) is 5.38. The second-order valence-electron chi connectivity index (χ2n) is 5.38. The average molecular weight is 292 g/mol. The Morgan fingerprint density at radius 1 is 1.05 bits per heavy atom. The molecule has 1 aliphatic rings. The Morgan fingerprint density at radius 2 is 1.68 bits per heavy atom. The van der Waals surface area contributed by atoms with E-state index >= 15 is 0 Å². The molecule has 0 atom stereocenters. The highest BCUT2D eigenvalue weighted by molar-refractivity contribution is 6.12. The first-order valence-corrected chi connectivity index (χ1v) is 7.05. The van der Waals surface area contributed by atoms with Gasteiger partial charge in [-0.1, -0.05) is 17.7 Å². The van der Waals surface area contributed by atoms with Crippen molar-refractivity contribution in [3.05, 3.63) is 70.2 Å². The monoisotopic (exact) mass is 292 g/mol. The second kappa shape index (κ2) is 5.56. The molecule has 3 rings (SSSR count). The van der Waals surface area contributed by atoms with Crippen molar-refractivity contribution in [3.63, 3.8) is 0 Å². The van der Waals surface area contributed by atoms with E-state index in [0.717, 1.165) is 22.3 Å². The molecular weight excluding hydrogens is 276 g/mol. The Morgan fingerprint density at radius 3 is 2.32 bits per heavy atom. The van der Waals surface area contributed by atoms with Crippen LogP contribution < -0.4 is 0 Å². The molecule has 110 valence electrons. The van der Waals surface area contributed by atoms with E-state index < -0.39 is 5.97 Å². The van der Waals surface area contributed by atoms with Crippen LogP contribution in [0.15, 0.2) is 47.3 Å². The van der Waals surface area contributed by atoms with Crippen LogP contribution in [0.2, 0.25) is 0 Å². The fourth-order valence-electron chi connectivity index (χ4n) is 2.58. The van der Waals surface area contributed by atoms with E-state index in [9.17, 15) is 4.79 Å². The lowest BCUT2D eigenvalue weighted by atomic mass is 9.99. The van der Waals surface area contributed by atoms with E-state index in [2.05, 4.69) is 29.0 Å². The van der Waals surface area contributed by atoms with E-state index in [0.29, 0.717) is 11.6 Å². The number of hydrogen-bond acceptors (Lipinski definition) is 4. The van der Waals surface area contributed by atoms with Crippen molar-refractivity contribution >= 4 is 17.9 Å². The number of rotatable bonds is 2. The summed E-state index contributed by atoms with van der Waals surface area (Å²) in [4.78, 5) is 20.3. The standard InChI is InChI=1S/C18H16N2O2/c1-11-8-12(2)15(13(3)9-11)10-16-18(21)22-17(20-16)14-4-6-19-7-5-14/h4-10H,1-3H3/b16-10-. The Labute approximate surface area is 129 Å². The van der Waals surface area contributed by atoms with Crippen LogP contribution in [0.3, 0.4) is 0 Å². The van der Waals surface area contributed by atoms with E-state index in [1.54, 1.807) is 30.6 Å². The minimum absolute atomic E-state index is 0.320. The lowest BCUT2D eigenvalue weighted by molar-refractivity contribution is -0.129. The highest BCUT2D eigenvalue weighted by Gasteiger charge is 2.24. The third kappa shape index (κ3) is 2.68. The fourth-order valence-corrected chi connectivity index (χ4v) is 2.58. The minimum atomic E-state index is -0.425. The van der Waals surface area contributed by atoms with Crippen LogP contribution in [0, 0.1) is 20.8 Å². The summed E-state index contributed by atoms with van der Waals surface area (Å²) >= 11 is 0. The molecule has 0 saturated heterocycles. The molecule has 2 heterocycles. The SMILES string of the molecule is Cc1cc(C)c(/C=C2\N=C(c3ccncc3)OC2=O)c(C)c1. The molecule has 0 bridgehead atoms. The summed E-state index contributed by atoms with van der Waals surface area (Å²) in [6, 6.07) is 7.70. The summed E-state index contributed by atoms with van der Waals surface area (Å²) < 4.78 is 5.25. The number of ether oxygens (including phenoxy) is 1. The van der Waals surface area contributed by atoms with E-state index in [1.807, 2.05) is 13.8 Å². The number of aliphatic imine (C=N–C) groups is 1. The summed E-state index contributed by atoms with van der Waals surface area (Å²) in [6.45, 7) is 6.11. The molecule has 4 heteroatoms. The third-order valence-corrected chi connectivity index (χ3v) is 3.57. The molecule has 0 fully saturated rings. The molecule has 0 unspecified atom stereocenters. The van der Waals surface area contributed by atoms with Gasteiger partial charge in [0.25, 0.3) is 0 Å². The zero-order chi connectivity index (χ0) is 15.7. The first kappa shape index (κ1) is 14.2. The number of nitrogens with zero attached hydrogens (tertiary/aromatic N) is 2. The van der Waals surface area contributed by atoms with E-state index in [4.69, 9.17) is 4.74 Å². The van der Waals surface area contributed by atoms with Gasteiger partial charge in [0.05, 0.1) is 0 Å². The van der Waals surface area contributed by atoms with Crippen molar-refractivity contribution in [1.82, 2.24) is 4.98 Å². The topological polar surface area (TPSA) is 51.6 Å². The highest BCUT2D eigenvalue weighted by atomic mass is 16.6. The quantitative estimate of drug-likeness (QED) is 0.630. The van der Waals surface area contributed by atoms with Gasteiger partial charge in [-0.15, -0.1) is 0 Å². The maximum Gasteiger partial charge on any atom is 0.363 e. The molecule has 22 heavy (non-hydrogen) atoms. The molecule has 0 spiro atoms. The number of esters is 1. The highest BCUT2D eigenvalue weighted by Crippen LogP contribution is 2.23. The number of aromatic nitrogens is 1. The zero-order valence-electron chi connectivity index (χ0n) is 12.8. The molecule has 2 aromatic rings. The van der Waals surface area contributed by atoms with Gasteiger partial charge in [0, 0.05) is 18.0 Å². The van der Waals surface area contributed by atoms with Crippen molar-refractivity contribution in [2.24, 2.45) is 4.99 Å². The van der Waals surface area contributed by atoms with Gasteiger partial charge in [0.1, 0.15) is 0 Å². The van der Waals surface area contributed by atoms with Crippen molar-refractivity contribution in [2.45, 2.75) is 20.8 Å². The van der Waals surface area contributed by atoms with Crippen LogP contribution >= 0.6 is 0 Å². The van der Waals surface area contributed by atoms with Gasteiger partial charge in [-0.25, -0.2) is 9.79 Å². The van der Waals surface area contributed by atoms with Crippen molar-refractivity contribution in [3.8, 4) is 0 Å². The van der Waals surface area contributed by atoms with Crippen LogP contribution in [0.4, 0.5) is 0 Å². The van der Waals surface area contributed by atoms with Crippen molar-refractivity contribution < 1.29 is 9.53 Å². The predicted octanol–water partition coefficient (Wildman–Crippen LogP) is 3.35. The summed E-state index contributed by atoms with van der Waals surface area (Å²) in [5, 5.41) is 0. The summed E-state index contributed by atoms with van der Waals surface area (Å²) in [5.41, 5.74) is 5.51. The van der Waals surface area contributed by atoms with Gasteiger partial charge in [-0.3, -0.25) is 4.98 Å². The van der Waals surface area contributed by atoms with Crippen molar-refractivity contribution in [1.29, 1.82) is 0 Å². The van der Waals surface area contributed by atoms with Gasteiger partial charge in [-0.2, -0.15) is 0 Å². The molecule has 0 aliphatic carbocycles. The number of carbonyl (C=O) groups excluding carboxylic acids is 1. The molecular formula is C18H16N2O2. The van der Waals surface area contributed by atoms with Crippen LogP contribution in [0.1, 0.15) is 27.8 Å². The Balaban J connectivity index is 2.02. The molecule has 0 amide bonds. The normalized spacial score (nSPS) is 15.9. The van der Waals surface area contributed by atoms with Crippen LogP contribution in [0.25, 0.3) is 6.08 Å². The fraction of sp³-hybridized carbons (Fsp3) is 0.167. The van der Waals surface area contributed by atoms with Gasteiger partial charge >= 0.3 is 5.97 Å². The maximum absolute atomic E-state index is 12.0. The molecule has 1 aromatic heterocycles. The summed E-state index contributed by atoms with van der Waals surface area (Å²) in [5.74, 6) is -0.104. The Hall–Kier alpha value is -2.75. The van der Waals surface area contributed by atoms with Crippen molar-refractivity contribution in [2.75, 3.05) is 0 Å². The van der Waals surface area contributed by atoms with Gasteiger partial charge < -0.3 is 4.74 Å². The first-order chi connectivity index (χ1) is 10.5. The van der Waals surface area contributed by atoms with Gasteiger partial charge in [-0.05, 0) is 55.7 Å². The lowest BCUT2D eigenvalue weighted by Gasteiger charge is -2.07. The summed E-state index contributed by atoms with van der Waals surface area (Å²) in [7, 11) is 0. The smallest absolute Gasteiger partial charge is 0.363 e. The van der Waals surface area contributed by atoms with Crippen LogP contribution in [-0.4, -0.2) is 16.9 Å². The number of aryl methyl sites for hydroxylation is 3. The maximum atomic E-state index is 12.0. The zero-order valence-corrected chi connectivity index (χ0v) is 12.8. The third-order valence-electron chi connectivity index (χ3n) is 3.57. The van der Waals surface area contributed by atoms with Gasteiger partial charge in [0.15, 0.2) is 5.70 Å². The molecule has 4 nitrogen and oxygen atoms in total. The van der Waals surface area contributed by atoms with E-state index in [-0.39, 0.29) is 0 Å². The first-order valence-electron chi connectivity index (χ1n) is 7.05. The van der Waals surface area contributed by atoms with E-state index in [1.165, 1.54) is 5.56 Å². The average Bonchev–Trinajstić information content (AvgIpc) is 2.85. The number of cyclic esters (lactones) is 1. The lowest BCUT2D eigenvalue weighted by Crippen LogP contribution is -2.05. The minimum Gasteiger partial charge on any atom is -0.402 e.